The Morgan fingerprint density at radius 1 is 0.857 bits per heavy atom. The summed E-state index contributed by atoms with van der Waals surface area (Å²) in [5.74, 6) is 0. The number of hydrogen-bond donors (Lipinski definition) is 0. The lowest BCUT2D eigenvalue weighted by molar-refractivity contribution is 1.13. The molecular weight excluding hydrogens is 323 g/mol. The number of halogens is 3. The Bertz CT molecular complexity index is 809. The maximum absolute atomic E-state index is 6.75. The van der Waals surface area contributed by atoms with Crippen molar-refractivity contribution in [2.75, 3.05) is 0 Å². The highest BCUT2D eigenvalue weighted by Gasteiger charge is 2.19. The van der Waals surface area contributed by atoms with E-state index in [1.54, 1.807) is 6.07 Å². The molecule has 0 saturated heterocycles. The Morgan fingerprint density at radius 3 is 2.43 bits per heavy atom. The van der Waals surface area contributed by atoms with Crippen LogP contribution in [0.25, 0.3) is 10.8 Å². The zero-order valence-corrected chi connectivity index (χ0v) is 13.7. The lowest BCUT2D eigenvalue weighted by Crippen LogP contribution is -1.99. The maximum Gasteiger partial charge on any atom is 0.0858 e. The SMILES string of the molecule is Cc1ccc2ccccc2c1C(Cl)c1cccc(Cl)c1Cl. The summed E-state index contributed by atoms with van der Waals surface area (Å²) in [7, 11) is 0. The van der Waals surface area contributed by atoms with Crippen LogP contribution in [0.4, 0.5) is 0 Å². The highest BCUT2D eigenvalue weighted by molar-refractivity contribution is 6.43. The van der Waals surface area contributed by atoms with Crippen LogP contribution >= 0.6 is 34.8 Å². The van der Waals surface area contributed by atoms with Crippen molar-refractivity contribution in [3.63, 3.8) is 0 Å². The number of benzene rings is 3. The van der Waals surface area contributed by atoms with E-state index < -0.39 is 0 Å². The van der Waals surface area contributed by atoms with Gasteiger partial charge in [0.05, 0.1) is 15.4 Å². The highest BCUT2D eigenvalue weighted by atomic mass is 35.5. The first-order chi connectivity index (χ1) is 10.1. The standard InChI is InChI=1S/C18H13Cl3/c1-11-9-10-12-5-2-3-6-13(12)16(11)18(21)14-7-4-8-15(19)17(14)20/h2-10,18H,1H3. The lowest BCUT2D eigenvalue weighted by Gasteiger charge is -2.18. The Kier molecular flexibility index (Phi) is 4.12. The molecule has 3 rings (SSSR count). The van der Waals surface area contributed by atoms with Crippen molar-refractivity contribution >= 4 is 45.6 Å². The molecule has 0 amide bonds. The van der Waals surface area contributed by atoms with E-state index >= 15 is 0 Å². The molecule has 0 nitrogen and oxygen atoms in total. The van der Waals surface area contributed by atoms with Crippen LogP contribution in [0.3, 0.4) is 0 Å². The first kappa shape index (κ1) is 14.7. The van der Waals surface area contributed by atoms with Gasteiger partial charge in [-0.3, -0.25) is 0 Å². The third kappa shape index (κ3) is 2.64. The second kappa shape index (κ2) is 5.88. The minimum Gasteiger partial charge on any atom is -0.112 e. The number of rotatable bonds is 2. The quantitative estimate of drug-likeness (QED) is 0.453. The third-order valence-electron chi connectivity index (χ3n) is 3.70. The first-order valence-corrected chi connectivity index (χ1v) is 7.85. The smallest absolute Gasteiger partial charge is 0.0858 e. The minimum absolute atomic E-state index is 0.331. The molecule has 3 aromatic carbocycles. The van der Waals surface area contributed by atoms with Crippen LogP contribution in [-0.4, -0.2) is 0 Å². The molecule has 21 heavy (non-hydrogen) atoms. The van der Waals surface area contributed by atoms with Crippen LogP contribution in [0.1, 0.15) is 22.1 Å². The molecule has 0 aliphatic rings. The molecule has 0 saturated carbocycles. The van der Waals surface area contributed by atoms with E-state index in [2.05, 4.69) is 31.2 Å². The summed E-state index contributed by atoms with van der Waals surface area (Å²) in [6.45, 7) is 2.07. The van der Waals surface area contributed by atoms with E-state index in [1.165, 1.54) is 5.39 Å². The zero-order valence-electron chi connectivity index (χ0n) is 11.4. The summed E-state index contributed by atoms with van der Waals surface area (Å²) in [4.78, 5) is 0. The van der Waals surface area contributed by atoms with Gasteiger partial charge in [0.25, 0.3) is 0 Å². The fraction of sp³-hybridized carbons (Fsp3) is 0.111. The first-order valence-electron chi connectivity index (χ1n) is 6.66. The van der Waals surface area contributed by atoms with E-state index in [-0.39, 0.29) is 5.38 Å². The van der Waals surface area contributed by atoms with E-state index in [0.29, 0.717) is 10.0 Å². The van der Waals surface area contributed by atoms with Crippen molar-refractivity contribution in [1.29, 1.82) is 0 Å². The molecule has 0 N–H and O–H groups in total. The van der Waals surface area contributed by atoms with Gasteiger partial charge in [-0.05, 0) is 40.5 Å². The van der Waals surface area contributed by atoms with E-state index in [1.807, 2.05) is 24.3 Å². The summed E-state index contributed by atoms with van der Waals surface area (Å²) >= 11 is 19.2. The molecule has 106 valence electrons. The van der Waals surface area contributed by atoms with Crippen LogP contribution in [-0.2, 0) is 0 Å². The molecule has 0 spiro atoms. The molecule has 1 atom stereocenters. The van der Waals surface area contributed by atoms with Crippen LogP contribution in [0.15, 0.2) is 54.6 Å². The predicted octanol–water partition coefficient (Wildman–Crippen LogP) is 6.78. The fourth-order valence-electron chi connectivity index (χ4n) is 2.61. The van der Waals surface area contributed by atoms with Gasteiger partial charge in [-0.15, -0.1) is 11.6 Å². The number of aryl methyl sites for hydroxylation is 1. The van der Waals surface area contributed by atoms with Crippen molar-refractivity contribution in [2.24, 2.45) is 0 Å². The normalized spacial score (nSPS) is 12.6. The molecule has 0 aliphatic carbocycles. The monoisotopic (exact) mass is 334 g/mol. The maximum atomic E-state index is 6.75. The summed E-state index contributed by atoms with van der Waals surface area (Å²) in [5, 5.41) is 3.03. The van der Waals surface area contributed by atoms with Gasteiger partial charge in [0.2, 0.25) is 0 Å². The second-order valence-corrected chi connectivity index (χ2v) is 6.24. The van der Waals surface area contributed by atoms with Crippen LogP contribution in [0.2, 0.25) is 10.0 Å². The van der Waals surface area contributed by atoms with Gasteiger partial charge in [-0.1, -0.05) is 71.7 Å². The zero-order chi connectivity index (χ0) is 15.0. The number of alkyl halides is 1. The van der Waals surface area contributed by atoms with Gasteiger partial charge in [-0.2, -0.15) is 0 Å². The third-order valence-corrected chi connectivity index (χ3v) is 4.98. The van der Waals surface area contributed by atoms with Crippen LogP contribution < -0.4 is 0 Å². The molecule has 0 radical (unpaired) electrons. The summed E-state index contributed by atoms with van der Waals surface area (Å²) in [5.41, 5.74) is 3.06. The molecule has 1 unspecified atom stereocenters. The Labute approximate surface area is 139 Å². The van der Waals surface area contributed by atoms with E-state index in [9.17, 15) is 0 Å². The molecule has 0 heterocycles. The minimum atomic E-state index is -0.331. The van der Waals surface area contributed by atoms with Gasteiger partial charge in [-0.25, -0.2) is 0 Å². The van der Waals surface area contributed by atoms with E-state index in [0.717, 1.165) is 22.1 Å². The van der Waals surface area contributed by atoms with Crippen molar-refractivity contribution in [3.05, 3.63) is 81.3 Å². The van der Waals surface area contributed by atoms with Crippen LogP contribution in [0.5, 0.6) is 0 Å². The molecule has 0 bridgehead atoms. The molecule has 0 fully saturated rings. The predicted molar refractivity (Wildman–Crippen MR) is 92.8 cm³/mol. The number of fused-ring (bicyclic) bond motifs is 1. The van der Waals surface area contributed by atoms with Crippen molar-refractivity contribution in [2.45, 2.75) is 12.3 Å². The Hall–Kier alpha value is -1.21. The largest absolute Gasteiger partial charge is 0.112 e. The molecule has 3 aromatic rings. The lowest BCUT2D eigenvalue weighted by atomic mass is 9.94. The molecular formula is C18H13Cl3. The van der Waals surface area contributed by atoms with Crippen molar-refractivity contribution in [3.8, 4) is 0 Å². The highest BCUT2D eigenvalue weighted by Crippen LogP contribution is 2.40. The fourth-order valence-corrected chi connectivity index (χ4v) is 3.56. The molecule has 0 aromatic heterocycles. The topological polar surface area (TPSA) is 0 Å². The summed E-state index contributed by atoms with van der Waals surface area (Å²) < 4.78 is 0. The summed E-state index contributed by atoms with van der Waals surface area (Å²) in [6, 6.07) is 18.0. The van der Waals surface area contributed by atoms with Crippen molar-refractivity contribution < 1.29 is 0 Å². The number of hydrogen-bond acceptors (Lipinski definition) is 0. The van der Waals surface area contributed by atoms with Gasteiger partial charge in [0.15, 0.2) is 0 Å². The van der Waals surface area contributed by atoms with Crippen LogP contribution in [0, 0.1) is 6.92 Å². The van der Waals surface area contributed by atoms with Gasteiger partial charge >= 0.3 is 0 Å². The van der Waals surface area contributed by atoms with Gasteiger partial charge in [0.1, 0.15) is 0 Å². The summed E-state index contributed by atoms with van der Waals surface area (Å²) in [6.07, 6.45) is 0. The Morgan fingerprint density at radius 2 is 1.62 bits per heavy atom. The average molecular weight is 336 g/mol. The average Bonchev–Trinajstić information content (AvgIpc) is 2.49. The second-order valence-electron chi connectivity index (χ2n) is 5.02. The van der Waals surface area contributed by atoms with Crippen molar-refractivity contribution in [1.82, 2.24) is 0 Å². The van der Waals surface area contributed by atoms with Gasteiger partial charge in [0, 0.05) is 0 Å². The molecule has 3 heteroatoms. The van der Waals surface area contributed by atoms with Gasteiger partial charge < -0.3 is 0 Å². The molecule has 0 aliphatic heterocycles. The Balaban J connectivity index is 2.24. The van der Waals surface area contributed by atoms with E-state index in [4.69, 9.17) is 34.8 Å².